The number of aryl methyl sites for hydroxylation is 1. The Morgan fingerprint density at radius 2 is 1.44 bits per heavy atom. The molecule has 3 rings (SSSR count). The van der Waals surface area contributed by atoms with Gasteiger partial charge in [0.05, 0.1) is 5.69 Å². The number of ether oxygens (including phenoxy) is 1. The molecule has 0 aliphatic heterocycles. The van der Waals surface area contributed by atoms with Crippen molar-refractivity contribution in [3.05, 3.63) is 90.5 Å². The van der Waals surface area contributed by atoms with E-state index in [1.165, 1.54) is 5.56 Å². The van der Waals surface area contributed by atoms with Crippen molar-refractivity contribution in [1.82, 2.24) is 0 Å². The van der Waals surface area contributed by atoms with Crippen molar-refractivity contribution < 1.29 is 4.74 Å². The van der Waals surface area contributed by atoms with Gasteiger partial charge < -0.3 is 4.74 Å². The molecule has 126 valence electrons. The summed E-state index contributed by atoms with van der Waals surface area (Å²) in [6.07, 6.45) is -0.145. The van der Waals surface area contributed by atoms with Gasteiger partial charge in [-0.05, 0) is 50.2 Å². The van der Waals surface area contributed by atoms with Gasteiger partial charge in [-0.25, -0.2) is 4.99 Å². The molecule has 0 heterocycles. The molecule has 0 aliphatic carbocycles. The second kappa shape index (κ2) is 8.54. The lowest BCUT2D eigenvalue weighted by molar-refractivity contribution is 0.290. The van der Waals surface area contributed by atoms with Crippen LogP contribution < -0.4 is 4.74 Å². The van der Waals surface area contributed by atoms with E-state index in [-0.39, 0.29) is 6.10 Å². The minimum absolute atomic E-state index is 0.145. The first-order valence-corrected chi connectivity index (χ1v) is 9.12. The summed E-state index contributed by atoms with van der Waals surface area (Å²) in [6, 6.07) is 28.4. The Kier molecular flexibility index (Phi) is 5.91. The van der Waals surface area contributed by atoms with Crippen LogP contribution in [0.15, 0.2) is 94.8 Å². The molecule has 3 aromatic carbocycles. The maximum atomic E-state index is 6.09. The number of nitrogens with zero attached hydrogens (tertiary/aromatic N) is 1. The molecule has 0 fully saturated rings. The van der Waals surface area contributed by atoms with Crippen LogP contribution in [0, 0.1) is 6.92 Å². The molecule has 2 nitrogen and oxygen atoms in total. The maximum Gasteiger partial charge on any atom is 0.144 e. The van der Waals surface area contributed by atoms with Gasteiger partial charge in [0, 0.05) is 4.90 Å². The van der Waals surface area contributed by atoms with Crippen LogP contribution in [0.1, 0.15) is 12.5 Å². The van der Waals surface area contributed by atoms with Gasteiger partial charge in [-0.15, -0.1) is 0 Å². The minimum atomic E-state index is -0.145. The molecule has 25 heavy (non-hydrogen) atoms. The lowest BCUT2D eigenvalue weighted by atomic mass is 10.2. The fourth-order valence-corrected chi connectivity index (χ4v) is 3.21. The van der Waals surface area contributed by atoms with Crippen LogP contribution >= 0.6 is 11.8 Å². The largest absolute Gasteiger partial charge is 0.484 e. The van der Waals surface area contributed by atoms with Crippen LogP contribution in [-0.2, 0) is 0 Å². The molecule has 0 saturated carbocycles. The molecule has 0 N–H and O–H groups in total. The number of thioether (sulfide) groups is 1. The van der Waals surface area contributed by atoms with Gasteiger partial charge in [0.25, 0.3) is 0 Å². The summed E-state index contributed by atoms with van der Waals surface area (Å²) in [5.74, 6) is 0.847. The fraction of sp³-hybridized carbons (Fsp3) is 0.136. The van der Waals surface area contributed by atoms with Crippen molar-refractivity contribution in [1.29, 1.82) is 0 Å². The standard InChI is InChI=1S/C22H21NOS/c1-17-13-15-19(16-14-17)23-22(25-21-11-7-4-8-12-21)18(2)24-20-9-5-3-6-10-20/h3-16,18H,1-2H3. The first-order chi connectivity index (χ1) is 12.2. The van der Waals surface area contributed by atoms with Crippen molar-refractivity contribution in [2.75, 3.05) is 0 Å². The van der Waals surface area contributed by atoms with Crippen LogP contribution in [0.2, 0.25) is 0 Å². The molecule has 0 radical (unpaired) electrons. The summed E-state index contributed by atoms with van der Waals surface area (Å²) in [7, 11) is 0. The number of para-hydroxylation sites is 1. The van der Waals surface area contributed by atoms with Gasteiger partial charge in [-0.1, -0.05) is 65.9 Å². The first-order valence-electron chi connectivity index (χ1n) is 8.30. The Balaban J connectivity index is 1.86. The highest BCUT2D eigenvalue weighted by Gasteiger charge is 2.15. The van der Waals surface area contributed by atoms with Crippen molar-refractivity contribution >= 4 is 22.5 Å². The molecule has 0 saturated heterocycles. The number of hydrogen-bond donors (Lipinski definition) is 0. The van der Waals surface area contributed by atoms with Crippen molar-refractivity contribution in [3.8, 4) is 5.75 Å². The van der Waals surface area contributed by atoms with Crippen LogP contribution in [0.4, 0.5) is 5.69 Å². The number of hydrogen-bond acceptors (Lipinski definition) is 3. The normalized spacial score (nSPS) is 12.6. The predicted molar refractivity (Wildman–Crippen MR) is 107 cm³/mol. The second-order valence-electron chi connectivity index (χ2n) is 5.77. The Morgan fingerprint density at radius 3 is 2.08 bits per heavy atom. The predicted octanol–water partition coefficient (Wildman–Crippen LogP) is 6.28. The van der Waals surface area contributed by atoms with Gasteiger partial charge in [0.2, 0.25) is 0 Å². The van der Waals surface area contributed by atoms with E-state index in [1.54, 1.807) is 11.8 Å². The second-order valence-corrected chi connectivity index (χ2v) is 6.87. The summed E-state index contributed by atoms with van der Waals surface area (Å²) >= 11 is 1.64. The van der Waals surface area contributed by atoms with Gasteiger partial charge >= 0.3 is 0 Å². The molecule has 3 heteroatoms. The molecule has 1 atom stereocenters. The third-order valence-corrected chi connectivity index (χ3v) is 4.78. The van der Waals surface area contributed by atoms with Gasteiger partial charge in [0.15, 0.2) is 0 Å². The third kappa shape index (κ3) is 5.23. The quantitative estimate of drug-likeness (QED) is 0.307. The van der Waals surface area contributed by atoms with E-state index in [1.807, 2.05) is 67.6 Å². The number of benzene rings is 3. The molecule has 1 unspecified atom stereocenters. The van der Waals surface area contributed by atoms with E-state index in [2.05, 4.69) is 31.2 Å². The third-order valence-electron chi connectivity index (χ3n) is 3.64. The van der Waals surface area contributed by atoms with E-state index in [0.29, 0.717) is 0 Å². The Morgan fingerprint density at radius 1 is 0.840 bits per heavy atom. The zero-order valence-electron chi connectivity index (χ0n) is 14.4. The zero-order valence-corrected chi connectivity index (χ0v) is 15.2. The van der Waals surface area contributed by atoms with Crippen LogP contribution in [0.3, 0.4) is 0 Å². The highest BCUT2D eigenvalue weighted by Crippen LogP contribution is 2.26. The van der Waals surface area contributed by atoms with Crippen molar-refractivity contribution in [2.24, 2.45) is 4.99 Å². The van der Waals surface area contributed by atoms with E-state index >= 15 is 0 Å². The lowest BCUT2D eigenvalue weighted by Gasteiger charge is -2.17. The maximum absolute atomic E-state index is 6.09. The van der Waals surface area contributed by atoms with E-state index in [4.69, 9.17) is 9.73 Å². The summed E-state index contributed by atoms with van der Waals surface area (Å²) in [4.78, 5) is 6.00. The topological polar surface area (TPSA) is 21.6 Å². The molecule has 0 aliphatic rings. The Hall–Kier alpha value is -2.52. The monoisotopic (exact) mass is 347 g/mol. The number of aliphatic imine (C=N–C) groups is 1. The molecule has 3 aromatic rings. The molecule has 0 bridgehead atoms. The van der Waals surface area contributed by atoms with Crippen LogP contribution in [0.5, 0.6) is 5.75 Å². The summed E-state index contributed by atoms with van der Waals surface area (Å²) < 4.78 is 6.09. The molecular formula is C22H21NOS. The molecule has 0 aromatic heterocycles. The molecule has 0 amide bonds. The Labute approximate surface area is 153 Å². The van der Waals surface area contributed by atoms with E-state index in [0.717, 1.165) is 21.4 Å². The van der Waals surface area contributed by atoms with Crippen molar-refractivity contribution in [2.45, 2.75) is 24.8 Å². The average Bonchev–Trinajstić information content (AvgIpc) is 2.64. The highest BCUT2D eigenvalue weighted by atomic mass is 32.2. The van der Waals surface area contributed by atoms with Gasteiger partial charge in [-0.2, -0.15) is 0 Å². The summed E-state index contributed by atoms with van der Waals surface area (Å²) in [6.45, 7) is 4.12. The van der Waals surface area contributed by atoms with Crippen molar-refractivity contribution in [3.63, 3.8) is 0 Å². The smallest absolute Gasteiger partial charge is 0.144 e. The first kappa shape index (κ1) is 17.3. The highest BCUT2D eigenvalue weighted by molar-refractivity contribution is 8.14. The summed E-state index contributed by atoms with van der Waals surface area (Å²) in [5, 5.41) is 0.930. The van der Waals surface area contributed by atoms with Gasteiger partial charge in [-0.3, -0.25) is 0 Å². The van der Waals surface area contributed by atoms with Crippen LogP contribution in [0.25, 0.3) is 0 Å². The number of rotatable bonds is 5. The van der Waals surface area contributed by atoms with Crippen LogP contribution in [-0.4, -0.2) is 11.1 Å². The van der Waals surface area contributed by atoms with E-state index < -0.39 is 0 Å². The lowest BCUT2D eigenvalue weighted by Crippen LogP contribution is -2.21. The average molecular weight is 347 g/mol. The van der Waals surface area contributed by atoms with Gasteiger partial charge in [0.1, 0.15) is 16.9 Å². The SMILES string of the molecule is Cc1ccc(N=C(Sc2ccccc2)C(C)Oc2ccccc2)cc1. The molecular weight excluding hydrogens is 326 g/mol. The zero-order chi connectivity index (χ0) is 17.5. The Bertz CT molecular complexity index is 814. The minimum Gasteiger partial charge on any atom is -0.484 e. The summed E-state index contributed by atoms with van der Waals surface area (Å²) in [5.41, 5.74) is 2.16. The fourth-order valence-electron chi connectivity index (χ4n) is 2.31. The molecule has 0 spiro atoms. The van der Waals surface area contributed by atoms with E-state index in [9.17, 15) is 0 Å².